The molecule has 0 aromatic rings. The van der Waals surface area contributed by atoms with E-state index in [1.54, 1.807) is 19.2 Å². The second-order valence-corrected chi connectivity index (χ2v) is 2.72. The van der Waals surface area contributed by atoms with Gasteiger partial charge in [0.05, 0.1) is 6.61 Å². The maximum atomic E-state index is 11.0. The fourth-order valence-corrected chi connectivity index (χ4v) is 0.920. The van der Waals surface area contributed by atoms with Crippen LogP contribution in [0, 0.1) is 10.7 Å². The van der Waals surface area contributed by atoms with E-state index in [1.807, 2.05) is 0 Å². The van der Waals surface area contributed by atoms with E-state index in [4.69, 9.17) is 11.0 Å². The van der Waals surface area contributed by atoms with Crippen molar-refractivity contribution >= 4 is 17.7 Å². The van der Waals surface area contributed by atoms with Gasteiger partial charge in [-0.2, -0.15) is 5.26 Å². The predicted octanol–water partition coefficient (Wildman–Crippen LogP) is 0.954. The number of carbonyl (C=O) groups is 1. The van der Waals surface area contributed by atoms with Crippen LogP contribution in [0.5, 0.6) is 0 Å². The number of rotatable bonds is 3. The Balaban J connectivity index is 4.45. The molecule has 0 aromatic carbocycles. The van der Waals surface area contributed by atoms with Crippen LogP contribution in [0.3, 0.4) is 0 Å². The van der Waals surface area contributed by atoms with Gasteiger partial charge in [-0.15, -0.1) is 0 Å². The van der Waals surface area contributed by atoms with Crippen molar-refractivity contribution in [1.82, 2.24) is 0 Å². The summed E-state index contributed by atoms with van der Waals surface area (Å²) in [7, 11) is 0. The van der Waals surface area contributed by atoms with Crippen LogP contribution in [0.15, 0.2) is 10.6 Å². The van der Waals surface area contributed by atoms with Gasteiger partial charge in [0.1, 0.15) is 10.3 Å². The number of hydrogen-bond donors (Lipinski definition) is 1. The average molecular weight is 186 g/mol. The molecule has 0 aromatic heterocycles. The van der Waals surface area contributed by atoms with Crippen LogP contribution in [0.1, 0.15) is 13.8 Å². The van der Waals surface area contributed by atoms with Gasteiger partial charge in [0, 0.05) is 5.70 Å². The molecule has 0 spiro atoms. The zero-order valence-corrected chi connectivity index (χ0v) is 7.77. The lowest BCUT2D eigenvalue weighted by molar-refractivity contribution is -0.137. The number of esters is 1. The number of carbonyl (C=O) groups excluding carboxylic acids is 1. The Kier molecular flexibility index (Phi) is 4.97. The van der Waals surface area contributed by atoms with Crippen molar-refractivity contribution in [2.24, 2.45) is 5.73 Å². The molecule has 0 fully saturated rings. The summed E-state index contributed by atoms with van der Waals surface area (Å²) < 4.78 is 4.67. The number of allylic oxidation sites excluding steroid dienone is 1. The summed E-state index contributed by atoms with van der Waals surface area (Å²) >= 11 is 0.718. The number of hydrogen-bond acceptors (Lipinski definition) is 5. The highest BCUT2D eigenvalue weighted by Gasteiger charge is 2.13. The molecule has 0 heterocycles. The van der Waals surface area contributed by atoms with Crippen LogP contribution in [0.4, 0.5) is 0 Å². The zero-order chi connectivity index (χ0) is 9.56. The normalized spacial score (nSPS) is 11.4. The van der Waals surface area contributed by atoms with Gasteiger partial charge in [0.15, 0.2) is 0 Å². The Bertz CT molecular complexity index is 238. The molecule has 0 bridgehead atoms. The van der Waals surface area contributed by atoms with Crippen molar-refractivity contribution in [2.45, 2.75) is 13.8 Å². The summed E-state index contributed by atoms with van der Waals surface area (Å²) in [4.78, 5) is 11.2. The van der Waals surface area contributed by atoms with Crippen molar-refractivity contribution in [2.75, 3.05) is 6.61 Å². The van der Waals surface area contributed by atoms with E-state index in [2.05, 4.69) is 4.74 Å². The minimum Gasteiger partial charge on any atom is -0.462 e. The summed E-state index contributed by atoms with van der Waals surface area (Å²) in [5.41, 5.74) is 5.67. The standard InChI is InChI=1S/C7H10N2O2S/c1-3-11-7(10)6(5(2)9)12-4-8/h3,9H2,1-2H3. The number of thiocyanates is 1. The molecule has 0 aliphatic heterocycles. The molecular weight excluding hydrogens is 176 g/mol. The average Bonchev–Trinajstić information content (AvgIpc) is 1.99. The summed E-state index contributed by atoms with van der Waals surface area (Å²) in [5, 5.41) is 10.1. The highest BCUT2D eigenvalue weighted by Crippen LogP contribution is 2.17. The Morgan fingerprint density at radius 1 is 1.75 bits per heavy atom. The van der Waals surface area contributed by atoms with Gasteiger partial charge < -0.3 is 10.5 Å². The molecular formula is C7H10N2O2S. The van der Waals surface area contributed by atoms with E-state index in [0.29, 0.717) is 5.70 Å². The molecule has 0 atom stereocenters. The largest absolute Gasteiger partial charge is 0.462 e. The van der Waals surface area contributed by atoms with Crippen LogP contribution in [0.25, 0.3) is 0 Å². The monoisotopic (exact) mass is 186 g/mol. The third-order valence-electron chi connectivity index (χ3n) is 0.967. The van der Waals surface area contributed by atoms with Crippen molar-refractivity contribution in [3.8, 4) is 5.40 Å². The molecule has 2 N–H and O–H groups in total. The fourth-order valence-electron chi connectivity index (χ4n) is 0.525. The van der Waals surface area contributed by atoms with Crippen molar-refractivity contribution < 1.29 is 9.53 Å². The Hall–Kier alpha value is -1.15. The number of nitrogens with zero attached hydrogens (tertiary/aromatic N) is 1. The molecule has 0 saturated heterocycles. The lowest BCUT2D eigenvalue weighted by atomic mass is 10.4. The lowest BCUT2D eigenvalue weighted by Crippen LogP contribution is -2.09. The second kappa shape index (κ2) is 5.49. The topological polar surface area (TPSA) is 76.1 Å². The summed E-state index contributed by atoms with van der Waals surface area (Å²) in [5.74, 6) is -0.538. The Labute approximate surface area is 75.4 Å². The van der Waals surface area contributed by atoms with Gasteiger partial charge >= 0.3 is 5.97 Å². The molecule has 0 saturated carbocycles. The third kappa shape index (κ3) is 3.30. The van der Waals surface area contributed by atoms with E-state index in [9.17, 15) is 4.79 Å². The molecule has 66 valence electrons. The van der Waals surface area contributed by atoms with Gasteiger partial charge in [0.2, 0.25) is 0 Å². The molecule has 0 radical (unpaired) electrons. The highest BCUT2D eigenvalue weighted by molar-refractivity contribution is 8.08. The first-order valence-electron chi connectivity index (χ1n) is 3.32. The minimum absolute atomic E-state index is 0.166. The molecule has 0 amide bonds. The van der Waals surface area contributed by atoms with Gasteiger partial charge in [-0.05, 0) is 25.6 Å². The first-order chi connectivity index (χ1) is 5.63. The van der Waals surface area contributed by atoms with Crippen LogP contribution < -0.4 is 5.73 Å². The molecule has 5 heteroatoms. The van der Waals surface area contributed by atoms with E-state index in [-0.39, 0.29) is 11.5 Å². The number of nitriles is 1. The summed E-state index contributed by atoms with van der Waals surface area (Å²) in [6, 6.07) is 0. The summed E-state index contributed by atoms with van der Waals surface area (Å²) in [6.07, 6.45) is 0. The third-order valence-corrected chi connectivity index (χ3v) is 1.75. The molecule has 0 unspecified atom stereocenters. The van der Waals surface area contributed by atoms with Gasteiger partial charge in [-0.25, -0.2) is 4.79 Å². The fraction of sp³-hybridized carbons (Fsp3) is 0.429. The number of thioether (sulfide) groups is 1. The van der Waals surface area contributed by atoms with Gasteiger partial charge in [-0.1, -0.05) is 0 Å². The van der Waals surface area contributed by atoms with Crippen LogP contribution in [-0.4, -0.2) is 12.6 Å². The minimum atomic E-state index is -0.538. The highest BCUT2D eigenvalue weighted by atomic mass is 32.2. The molecule has 0 rings (SSSR count). The summed E-state index contributed by atoms with van der Waals surface area (Å²) in [6.45, 7) is 3.52. The van der Waals surface area contributed by atoms with Crippen LogP contribution in [0.2, 0.25) is 0 Å². The Morgan fingerprint density at radius 2 is 2.33 bits per heavy atom. The van der Waals surface area contributed by atoms with Crippen molar-refractivity contribution in [3.05, 3.63) is 10.6 Å². The predicted molar refractivity (Wildman–Crippen MR) is 46.7 cm³/mol. The van der Waals surface area contributed by atoms with E-state index >= 15 is 0 Å². The van der Waals surface area contributed by atoms with Gasteiger partial charge in [-0.3, -0.25) is 0 Å². The molecule has 0 aliphatic rings. The van der Waals surface area contributed by atoms with Crippen molar-refractivity contribution in [3.63, 3.8) is 0 Å². The van der Waals surface area contributed by atoms with Crippen LogP contribution >= 0.6 is 11.8 Å². The zero-order valence-electron chi connectivity index (χ0n) is 6.96. The molecule has 0 aliphatic carbocycles. The van der Waals surface area contributed by atoms with Crippen LogP contribution in [-0.2, 0) is 9.53 Å². The molecule has 12 heavy (non-hydrogen) atoms. The molecule has 4 nitrogen and oxygen atoms in total. The smallest absolute Gasteiger partial charge is 0.347 e. The second-order valence-electron chi connectivity index (χ2n) is 1.93. The number of nitrogens with two attached hydrogens (primary N) is 1. The van der Waals surface area contributed by atoms with Gasteiger partial charge in [0.25, 0.3) is 0 Å². The van der Waals surface area contributed by atoms with E-state index < -0.39 is 5.97 Å². The number of ether oxygens (including phenoxy) is 1. The maximum Gasteiger partial charge on any atom is 0.347 e. The van der Waals surface area contributed by atoms with Crippen molar-refractivity contribution in [1.29, 1.82) is 5.26 Å². The van der Waals surface area contributed by atoms with E-state index in [1.165, 1.54) is 0 Å². The SMILES string of the molecule is CCOC(=O)C(SC#N)=C(C)N. The van der Waals surface area contributed by atoms with E-state index in [0.717, 1.165) is 11.8 Å². The Morgan fingerprint density at radius 3 is 2.67 bits per heavy atom. The lowest BCUT2D eigenvalue weighted by Gasteiger charge is -2.03. The first-order valence-corrected chi connectivity index (χ1v) is 4.14. The maximum absolute atomic E-state index is 11.0. The first kappa shape index (κ1) is 10.8. The quantitative estimate of drug-likeness (QED) is 0.403.